The number of nitrogens with two attached hydrogens (primary N) is 1. The highest BCUT2D eigenvalue weighted by Gasteiger charge is 2.27. The molecule has 4 heteroatoms. The van der Waals surface area contributed by atoms with Crippen LogP contribution in [0.25, 0.3) is 11.0 Å². The zero-order chi connectivity index (χ0) is 14.8. The minimum Gasteiger partial charge on any atom is -0.459 e. The summed E-state index contributed by atoms with van der Waals surface area (Å²) in [6.45, 7) is 3.68. The van der Waals surface area contributed by atoms with E-state index in [0.717, 1.165) is 31.0 Å². The van der Waals surface area contributed by atoms with Gasteiger partial charge in [-0.1, -0.05) is 18.2 Å². The smallest absolute Gasteiger partial charge is 0.134 e. The third-order valence-corrected chi connectivity index (χ3v) is 4.41. The van der Waals surface area contributed by atoms with E-state index in [-0.39, 0.29) is 0 Å². The lowest BCUT2D eigenvalue weighted by Crippen LogP contribution is -2.37. The highest BCUT2D eigenvalue weighted by Crippen LogP contribution is 2.29. The first-order valence-corrected chi connectivity index (χ1v) is 7.77. The van der Waals surface area contributed by atoms with Crippen LogP contribution in [-0.2, 0) is 13.1 Å². The van der Waals surface area contributed by atoms with Crippen molar-refractivity contribution in [3.63, 3.8) is 0 Å². The first kappa shape index (κ1) is 14.6. The number of para-hydroxylation sites is 1. The highest BCUT2D eigenvalue weighted by atomic mass is 16.3. The van der Waals surface area contributed by atoms with Crippen LogP contribution in [0, 0.1) is 0 Å². The SMILES string of the molecule is CN(C)CC1CCCN1Cc1oc2ccccc2c1CN. The molecule has 21 heavy (non-hydrogen) atoms. The zero-order valence-corrected chi connectivity index (χ0v) is 13.0. The van der Waals surface area contributed by atoms with Gasteiger partial charge in [0.2, 0.25) is 0 Å². The number of likely N-dealkylation sites (N-methyl/N-ethyl adjacent to an activating group) is 1. The predicted octanol–water partition coefficient (Wildman–Crippen LogP) is 2.42. The maximum atomic E-state index is 6.07. The second kappa shape index (κ2) is 6.18. The van der Waals surface area contributed by atoms with Crippen molar-refractivity contribution in [1.82, 2.24) is 9.80 Å². The van der Waals surface area contributed by atoms with E-state index in [9.17, 15) is 0 Å². The first-order chi connectivity index (χ1) is 10.2. The van der Waals surface area contributed by atoms with Crippen molar-refractivity contribution < 1.29 is 4.42 Å². The Kier molecular flexibility index (Phi) is 4.29. The molecule has 0 amide bonds. The molecule has 0 aliphatic carbocycles. The Morgan fingerprint density at radius 1 is 1.33 bits per heavy atom. The molecule has 1 fully saturated rings. The monoisotopic (exact) mass is 287 g/mol. The van der Waals surface area contributed by atoms with Gasteiger partial charge in [-0.05, 0) is 39.5 Å². The van der Waals surface area contributed by atoms with Gasteiger partial charge in [-0.25, -0.2) is 0 Å². The van der Waals surface area contributed by atoms with Crippen LogP contribution >= 0.6 is 0 Å². The van der Waals surface area contributed by atoms with E-state index in [1.165, 1.54) is 23.8 Å². The molecule has 2 N–H and O–H groups in total. The summed E-state index contributed by atoms with van der Waals surface area (Å²) in [5.41, 5.74) is 8.09. The fourth-order valence-electron chi connectivity index (χ4n) is 3.42. The van der Waals surface area contributed by atoms with E-state index in [1.807, 2.05) is 18.2 Å². The average Bonchev–Trinajstić information content (AvgIpc) is 3.02. The molecule has 1 aromatic heterocycles. The standard InChI is InChI=1S/C17H25N3O/c1-19(2)11-13-6-5-9-20(13)12-17-15(10-18)14-7-3-4-8-16(14)21-17/h3-4,7-8,13H,5-6,9-12,18H2,1-2H3. The Labute approximate surface area is 126 Å². The van der Waals surface area contributed by atoms with Crippen molar-refractivity contribution in [3.8, 4) is 0 Å². The Balaban J connectivity index is 1.84. The quantitative estimate of drug-likeness (QED) is 0.917. The molecule has 1 aliphatic heterocycles. The number of fused-ring (bicyclic) bond motifs is 1. The van der Waals surface area contributed by atoms with Gasteiger partial charge in [0.25, 0.3) is 0 Å². The van der Waals surface area contributed by atoms with Gasteiger partial charge in [0.05, 0.1) is 6.54 Å². The number of furan rings is 1. The van der Waals surface area contributed by atoms with E-state index in [0.29, 0.717) is 12.6 Å². The highest BCUT2D eigenvalue weighted by molar-refractivity contribution is 5.82. The van der Waals surface area contributed by atoms with E-state index >= 15 is 0 Å². The van der Waals surface area contributed by atoms with Crippen LogP contribution in [0.3, 0.4) is 0 Å². The third kappa shape index (κ3) is 2.98. The molecule has 1 saturated heterocycles. The summed E-state index contributed by atoms with van der Waals surface area (Å²) < 4.78 is 6.07. The molecule has 1 aromatic carbocycles. The van der Waals surface area contributed by atoms with Crippen LogP contribution in [0.5, 0.6) is 0 Å². The van der Waals surface area contributed by atoms with Crippen molar-refractivity contribution in [3.05, 3.63) is 35.6 Å². The van der Waals surface area contributed by atoms with E-state index in [2.05, 4.69) is 30.0 Å². The van der Waals surface area contributed by atoms with Crippen LogP contribution in [0.2, 0.25) is 0 Å². The van der Waals surface area contributed by atoms with Crippen molar-refractivity contribution >= 4 is 11.0 Å². The lowest BCUT2D eigenvalue weighted by atomic mass is 10.1. The molecule has 1 unspecified atom stereocenters. The molecule has 3 rings (SSSR count). The number of likely N-dealkylation sites (tertiary alicyclic amines) is 1. The van der Waals surface area contributed by atoms with Crippen LogP contribution in [-0.4, -0.2) is 43.0 Å². The molecule has 2 aromatic rings. The van der Waals surface area contributed by atoms with Crippen molar-refractivity contribution in [1.29, 1.82) is 0 Å². The van der Waals surface area contributed by atoms with Gasteiger partial charge < -0.3 is 15.1 Å². The summed E-state index contributed by atoms with van der Waals surface area (Å²) in [6, 6.07) is 8.82. The van der Waals surface area contributed by atoms with Crippen LogP contribution < -0.4 is 5.73 Å². The second-order valence-corrected chi connectivity index (χ2v) is 6.23. The van der Waals surface area contributed by atoms with Gasteiger partial charge in [-0.15, -0.1) is 0 Å². The second-order valence-electron chi connectivity index (χ2n) is 6.23. The van der Waals surface area contributed by atoms with Crippen molar-refractivity contribution in [2.75, 3.05) is 27.2 Å². The van der Waals surface area contributed by atoms with E-state index in [4.69, 9.17) is 10.2 Å². The molecule has 1 aliphatic rings. The fourth-order valence-corrected chi connectivity index (χ4v) is 3.42. The van der Waals surface area contributed by atoms with Gasteiger partial charge in [-0.2, -0.15) is 0 Å². The van der Waals surface area contributed by atoms with Gasteiger partial charge in [-0.3, -0.25) is 4.90 Å². The van der Waals surface area contributed by atoms with Crippen molar-refractivity contribution in [2.24, 2.45) is 5.73 Å². The molecule has 0 saturated carbocycles. The van der Waals surface area contributed by atoms with E-state index < -0.39 is 0 Å². The summed E-state index contributed by atoms with van der Waals surface area (Å²) >= 11 is 0. The molecule has 0 spiro atoms. The summed E-state index contributed by atoms with van der Waals surface area (Å²) in [5, 5.41) is 1.17. The summed E-state index contributed by atoms with van der Waals surface area (Å²) in [5.74, 6) is 1.05. The van der Waals surface area contributed by atoms with Crippen LogP contribution in [0.15, 0.2) is 28.7 Å². The zero-order valence-electron chi connectivity index (χ0n) is 13.0. The van der Waals surface area contributed by atoms with Crippen LogP contribution in [0.4, 0.5) is 0 Å². The summed E-state index contributed by atoms with van der Waals surface area (Å²) in [6.07, 6.45) is 2.55. The van der Waals surface area contributed by atoms with Gasteiger partial charge in [0.1, 0.15) is 11.3 Å². The van der Waals surface area contributed by atoms with Gasteiger partial charge in [0, 0.05) is 30.1 Å². The Hall–Kier alpha value is -1.36. The number of nitrogens with zero attached hydrogens (tertiary/aromatic N) is 2. The normalized spacial score (nSPS) is 19.9. The van der Waals surface area contributed by atoms with Crippen molar-refractivity contribution in [2.45, 2.75) is 32.0 Å². The Morgan fingerprint density at radius 3 is 2.90 bits per heavy atom. The molecular weight excluding hydrogens is 262 g/mol. The van der Waals surface area contributed by atoms with Gasteiger partial charge >= 0.3 is 0 Å². The predicted molar refractivity (Wildman–Crippen MR) is 86.1 cm³/mol. The maximum absolute atomic E-state index is 6.07. The minimum absolute atomic E-state index is 0.540. The minimum atomic E-state index is 0.540. The largest absolute Gasteiger partial charge is 0.459 e. The molecule has 1 atom stereocenters. The number of benzene rings is 1. The lowest BCUT2D eigenvalue weighted by molar-refractivity contribution is 0.189. The summed E-state index contributed by atoms with van der Waals surface area (Å²) in [7, 11) is 4.28. The third-order valence-electron chi connectivity index (χ3n) is 4.41. The van der Waals surface area contributed by atoms with Gasteiger partial charge in [0.15, 0.2) is 0 Å². The molecule has 2 heterocycles. The first-order valence-electron chi connectivity index (χ1n) is 7.77. The molecule has 4 nitrogen and oxygen atoms in total. The molecule has 0 radical (unpaired) electrons. The van der Waals surface area contributed by atoms with E-state index in [1.54, 1.807) is 0 Å². The average molecular weight is 287 g/mol. The molecule has 114 valence electrons. The van der Waals surface area contributed by atoms with Crippen LogP contribution in [0.1, 0.15) is 24.2 Å². The molecule has 0 bridgehead atoms. The summed E-state index contributed by atoms with van der Waals surface area (Å²) in [4.78, 5) is 4.81. The number of hydrogen-bond donors (Lipinski definition) is 1. The lowest BCUT2D eigenvalue weighted by Gasteiger charge is -2.26. The topological polar surface area (TPSA) is 45.6 Å². The number of hydrogen-bond acceptors (Lipinski definition) is 4. The Morgan fingerprint density at radius 2 is 2.14 bits per heavy atom. The Bertz CT molecular complexity index is 605. The fraction of sp³-hybridized carbons (Fsp3) is 0.529. The maximum Gasteiger partial charge on any atom is 0.134 e. The molecular formula is C17H25N3O. The number of rotatable bonds is 5.